The van der Waals surface area contributed by atoms with Crippen molar-refractivity contribution in [1.82, 2.24) is 28.7 Å². The van der Waals surface area contributed by atoms with E-state index in [2.05, 4.69) is 53.6 Å². The van der Waals surface area contributed by atoms with Gasteiger partial charge in [0, 0.05) is 30.7 Å². The van der Waals surface area contributed by atoms with Crippen molar-refractivity contribution in [3.63, 3.8) is 0 Å². The summed E-state index contributed by atoms with van der Waals surface area (Å²) in [6.45, 7) is 10.7. The molecule has 164 valence electrons. The van der Waals surface area contributed by atoms with E-state index in [1.165, 1.54) is 56.3 Å². The number of aryl methyl sites for hydroxylation is 3. The van der Waals surface area contributed by atoms with Crippen molar-refractivity contribution in [2.45, 2.75) is 59.4 Å². The highest BCUT2D eigenvalue weighted by atomic mass is 32.1. The van der Waals surface area contributed by atoms with Gasteiger partial charge in [0.2, 0.25) is 0 Å². The Labute approximate surface area is 188 Å². The van der Waals surface area contributed by atoms with Crippen molar-refractivity contribution in [2.75, 3.05) is 27.2 Å². The molecule has 4 heterocycles. The molecule has 0 unspecified atom stereocenters. The van der Waals surface area contributed by atoms with Crippen LogP contribution in [-0.4, -0.2) is 61.9 Å². The van der Waals surface area contributed by atoms with Gasteiger partial charge < -0.3 is 9.80 Å². The van der Waals surface area contributed by atoms with E-state index < -0.39 is 0 Å². The molecular weight excluding hydrogens is 404 g/mol. The zero-order valence-corrected chi connectivity index (χ0v) is 20.3. The predicted molar refractivity (Wildman–Crippen MR) is 128 cm³/mol. The van der Waals surface area contributed by atoms with E-state index >= 15 is 0 Å². The molecule has 0 aromatic carbocycles. The molecule has 0 bridgehead atoms. The average molecular weight is 437 g/mol. The van der Waals surface area contributed by atoms with E-state index in [4.69, 9.17) is 9.97 Å². The maximum atomic E-state index is 4.96. The summed E-state index contributed by atoms with van der Waals surface area (Å²) >= 11 is 1.59. The molecule has 6 nitrogen and oxygen atoms in total. The first-order valence-corrected chi connectivity index (χ1v) is 12.1. The van der Waals surface area contributed by atoms with Crippen molar-refractivity contribution in [3.05, 3.63) is 38.7 Å². The molecule has 5 rings (SSSR count). The molecule has 3 aromatic heterocycles. The molecule has 0 saturated heterocycles. The van der Waals surface area contributed by atoms with Gasteiger partial charge in [-0.1, -0.05) is 0 Å². The molecule has 1 aliphatic heterocycles. The van der Waals surface area contributed by atoms with Crippen molar-refractivity contribution >= 4 is 34.0 Å². The number of hydrogen-bond donors (Lipinski definition) is 0. The van der Waals surface area contributed by atoms with Gasteiger partial charge in [0.05, 0.1) is 21.6 Å². The highest BCUT2D eigenvalue weighted by Gasteiger charge is 2.26. The molecule has 3 aromatic rings. The summed E-state index contributed by atoms with van der Waals surface area (Å²) in [5.74, 6) is 2.03. The molecule has 1 fully saturated rings. The molecule has 7 heteroatoms. The molecule has 0 atom stereocenters. The fourth-order valence-electron chi connectivity index (χ4n) is 5.01. The quantitative estimate of drug-likeness (QED) is 0.594. The van der Waals surface area contributed by atoms with Crippen LogP contribution in [0.25, 0.3) is 22.4 Å². The first-order chi connectivity index (χ1) is 14.9. The molecule has 0 spiro atoms. The lowest BCUT2D eigenvalue weighted by molar-refractivity contribution is 0.319. The van der Waals surface area contributed by atoms with Crippen LogP contribution in [0.1, 0.15) is 49.0 Å². The molecule has 31 heavy (non-hydrogen) atoms. The largest absolute Gasteiger partial charge is 0.356 e. The minimum Gasteiger partial charge on any atom is -0.356 e. The van der Waals surface area contributed by atoms with Crippen molar-refractivity contribution in [2.24, 2.45) is 0 Å². The molecule has 2 aliphatic rings. The van der Waals surface area contributed by atoms with Crippen LogP contribution in [0.15, 0.2) is 6.20 Å². The Bertz CT molecular complexity index is 1280. The van der Waals surface area contributed by atoms with Crippen LogP contribution in [0.4, 0.5) is 0 Å². The lowest BCUT2D eigenvalue weighted by Gasteiger charge is -2.27. The first-order valence-electron chi connectivity index (χ1n) is 11.3. The van der Waals surface area contributed by atoms with Gasteiger partial charge in [-0.25, -0.2) is 9.97 Å². The Balaban J connectivity index is 1.65. The minimum atomic E-state index is 0.809. The maximum Gasteiger partial charge on any atom is 0.150 e. The summed E-state index contributed by atoms with van der Waals surface area (Å²) in [5, 5.41) is 2.44. The van der Waals surface area contributed by atoms with E-state index in [-0.39, 0.29) is 0 Å². The minimum absolute atomic E-state index is 0.809. The second-order valence-corrected chi connectivity index (χ2v) is 10.1. The van der Waals surface area contributed by atoms with Gasteiger partial charge in [0.1, 0.15) is 17.3 Å². The van der Waals surface area contributed by atoms with Crippen LogP contribution < -0.4 is 9.75 Å². The molecule has 0 amide bonds. The predicted octanol–water partition coefficient (Wildman–Crippen LogP) is 2.57. The van der Waals surface area contributed by atoms with Gasteiger partial charge in [-0.2, -0.15) is 4.37 Å². The molecule has 1 aliphatic carbocycles. The van der Waals surface area contributed by atoms with E-state index in [9.17, 15) is 0 Å². The third kappa shape index (κ3) is 3.48. The molecule has 0 N–H and O–H groups in total. The maximum absolute atomic E-state index is 4.96. The van der Waals surface area contributed by atoms with Crippen LogP contribution in [0.3, 0.4) is 0 Å². The molecular formula is C24H32N6S. The number of nitrogens with zero attached hydrogens (tertiary/aromatic N) is 6. The van der Waals surface area contributed by atoms with Gasteiger partial charge in [0.15, 0.2) is 0 Å². The van der Waals surface area contributed by atoms with E-state index in [0.29, 0.717) is 0 Å². The standard InChI is InChI=1S/C24H32N6S/c1-14-13-29(6)24(19-12-25-31-22(14)19)30-16(3)15(2)21-20(26-17(4)27-23(21)30)8-7-11-28(5)18-9-10-18/h12,18H,7-11,13H2,1-6H3. The SMILES string of the molecule is CC1=c2sncc2=C(n2c(C)c(C)c3c(CCCN(C)C4CC4)nc(C)nc32)N(C)C1. The summed E-state index contributed by atoms with van der Waals surface area (Å²) in [4.78, 5) is 14.7. The number of rotatable bonds is 6. The third-order valence-corrected chi connectivity index (χ3v) is 7.84. The zero-order valence-electron chi connectivity index (χ0n) is 19.5. The summed E-state index contributed by atoms with van der Waals surface area (Å²) < 4.78 is 8.15. The number of hydrogen-bond acceptors (Lipinski definition) is 6. The van der Waals surface area contributed by atoms with Crippen molar-refractivity contribution in [3.8, 4) is 0 Å². The summed E-state index contributed by atoms with van der Waals surface area (Å²) in [7, 11) is 4.42. The summed E-state index contributed by atoms with van der Waals surface area (Å²) in [6.07, 6.45) is 6.85. The van der Waals surface area contributed by atoms with E-state index in [1.807, 2.05) is 13.1 Å². The second kappa shape index (κ2) is 7.71. The fraction of sp³-hybridized carbons (Fsp3) is 0.542. The van der Waals surface area contributed by atoms with Gasteiger partial charge in [-0.05, 0) is 89.6 Å². The summed E-state index contributed by atoms with van der Waals surface area (Å²) in [5.41, 5.74) is 6.13. The molecule has 0 radical (unpaired) electrons. The summed E-state index contributed by atoms with van der Waals surface area (Å²) in [6, 6.07) is 0.809. The van der Waals surface area contributed by atoms with E-state index in [1.54, 1.807) is 11.5 Å². The third-order valence-electron chi connectivity index (χ3n) is 6.88. The number of aromatic nitrogens is 4. The normalized spacial score (nSPS) is 16.7. The smallest absolute Gasteiger partial charge is 0.150 e. The van der Waals surface area contributed by atoms with Crippen molar-refractivity contribution in [1.29, 1.82) is 0 Å². The fourth-order valence-corrected chi connectivity index (χ4v) is 5.73. The zero-order chi connectivity index (χ0) is 21.9. The highest BCUT2D eigenvalue weighted by Crippen LogP contribution is 2.31. The van der Waals surface area contributed by atoms with Crippen LogP contribution in [0.2, 0.25) is 0 Å². The Morgan fingerprint density at radius 1 is 1.16 bits per heavy atom. The molecule has 1 saturated carbocycles. The van der Waals surface area contributed by atoms with Gasteiger partial charge in [-0.3, -0.25) is 4.57 Å². The lowest BCUT2D eigenvalue weighted by Crippen LogP contribution is -2.40. The van der Waals surface area contributed by atoms with Crippen LogP contribution >= 0.6 is 11.5 Å². The Morgan fingerprint density at radius 3 is 2.68 bits per heavy atom. The van der Waals surface area contributed by atoms with E-state index in [0.717, 1.165) is 43.4 Å². The monoisotopic (exact) mass is 436 g/mol. The van der Waals surface area contributed by atoms with Gasteiger partial charge in [0.25, 0.3) is 0 Å². The Kier molecular flexibility index (Phi) is 5.13. The average Bonchev–Trinajstić information content (AvgIpc) is 3.41. The van der Waals surface area contributed by atoms with Crippen LogP contribution in [0, 0.1) is 20.8 Å². The van der Waals surface area contributed by atoms with Crippen LogP contribution in [0.5, 0.6) is 0 Å². The number of fused-ring (bicyclic) bond motifs is 2. The second-order valence-electron chi connectivity index (χ2n) is 9.31. The highest BCUT2D eigenvalue weighted by molar-refractivity contribution is 7.03. The topological polar surface area (TPSA) is 50.1 Å². The first kappa shape index (κ1) is 20.6. The van der Waals surface area contributed by atoms with Gasteiger partial charge >= 0.3 is 0 Å². The Morgan fingerprint density at radius 2 is 1.94 bits per heavy atom. The Hall–Kier alpha value is -2.25. The van der Waals surface area contributed by atoms with Crippen LogP contribution in [-0.2, 0) is 6.42 Å². The van der Waals surface area contributed by atoms with Crippen molar-refractivity contribution < 1.29 is 0 Å². The lowest BCUT2D eigenvalue weighted by atomic mass is 10.1. The van der Waals surface area contributed by atoms with Gasteiger partial charge in [-0.15, -0.1) is 0 Å².